The molecule has 1 unspecified atom stereocenters. The number of likely N-dealkylation sites (N-methyl/N-ethyl adjacent to an activating group) is 1. The van der Waals surface area contributed by atoms with Crippen molar-refractivity contribution in [3.05, 3.63) is 0 Å². The SMILES string of the molecule is CC(CNC(=O)CCCCl)N(C)C. The van der Waals surface area contributed by atoms with Crippen LogP contribution >= 0.6 is 11.6 Å². The predicted octanol–water partition coefficient (Wildman–Crippen LogP) is 1.07. The topological polar surface area (TPSA) is 32.3 Å². The fourth-order valence-corrected chi connectivity index (χ4v) is 0.894. The van der Waals surface area contributed by atoms with Crippen molar-refractivity contribution >= 4 is 17.5 Å². The van der Waals surface area contributed by atoms with Gasteiger partial charge in [-0.3, -0.25) is 4.79 Å². The summed E-state index contributed by atoms with van der Waals surface area (Å²) in [6.45, 7) is 2.77. The Morgan fingerprint density at radius 1 is 1.54 bits per heavy atom. The molecule has 0 saturated heterocycles. The van der Waals surface area contributed by atoms with Crippen LogP contribution in [0.25, 0.3) is 0 Å². The molecule has 0 rings (SSSR count). The maximum absolute atomic E-state index is 11.1. The highest BCUT2D eigenvalue weighted by atomic mass is 35.5. The van der Waals surface area contributed by atoms with E-state index in [1.54, 1.807) is 0 Å². The van der Waals surface area contributed by atoms with Crippen molar-refractivity contribution in [3.8, 4) is 0 Å². The maximum atomic E-state index is 11.1. The summed E-state index contributed by atoms with van der Waals surface area (Å²) >= 11 is 5.47. The van der Waals surface area contributed by atoms with Crippen LogP contribution < -0.4 is 5.32 Å². The molecule has 1 amide bonds. The summed E-state index contributed by atoms with van der Waals surface area (Å²) in [6, 6.07) is 0.375. The molecular weight excluding hydrogens is 188 g/mol. The molecule has 0 radical (unpaired) electrons. The zero-order valence-electron chi connectivity index (χ0n) is 8.64. The number of nitrogens with zero attached hydrogens (tertiary/aromatic N) is 1. The van der Waals surface area contributed by atoms with E-state index in [0.29, 0.717) is 24.9 Å². The molecule has 1 N–H and O–H groups in total. The number of amides is 1. The standard InChI is InChI=1S/C9H19ClN2O/c1-8(12(2)3)7-11-9(13)5-4-6-10/h8H,4-7H2,1-3H3,(H,11,13). The van der Waals surface area contributed by atoms with Crippen molar-refractivity contribution in [2.45, 2.75) is 25.8 Å². The van der Waals surface area contributed by atoms with Crippen LogP contribution in [-0.4, -0.2) is 43.4 Å². The van der Waals surface area contributed by atoms with Crippen molar-refractivity contribution in [2.24, 2.45) is 0 Å². The first-order valence-corrected chi connectivity index (χ1v) is 5.10. The van der Waals surface area contributed by atoms with Gasteiger partial charge in [0.15, 0.2) is 0 Å². The van der Waals surface area contributed by atoms with Gasteiger partial charge >= 0.3 is 0 Å². The zero-order chi connectivity index (χ0) is 10.3. The van der Waals surface area contributed by atoms with E-state index >= 15 is 0 Å². The first-order valence-electron chi connectivity index (χ1n) is 4.57. The summed E-state index contributed by atoms with van der Waals surface area (Å²) in [5.74, 6) is 0.644. The van der Waals surface area contributed by atoms with E-state index in [0.717, 1.165) is 6.42 Å². The quantitative estimate of drug-likeness (QED) is 0.660. The molecule has 4 heteroatoms. The van der Waals surface area contributed by atoms with Crippen LogP contribution in [0.1, 0.15) is 19.8 Å². The Morgan fingerprint density at radius 3 is 2.62 bits per heavy atom. The third kappa shape index (κ3) is 6.84. The molecule has 78 valence electrons. The van der Waals surface area contributed by atoms with Crippen molar-refractivity contribution in [3.63, 3.8) is 0 Å². The summed E-state index contributed by atoms with van der Waals surface area (Å²) in [4.78, 5) is 13.2. The summed E-state index contributed by atoms with van der Waals surface area (Å²) in [5, 5.41) is 2.86. The van der Waals surface area contributed by atoms with Crippen molar-refractivity contribution < 1.29 is 4.79 Å². The number of carbonyl (C=O) groups excluding carboxylic acids is 1. The molecule has 0 aromatic carbocycles. The normalized spacial score (nSPS) is 13.0. The van der Waals surface area contributed by atoms with Crippen molar-refractivity contribution in [1.82, 2.24) is 10.2 Å². The molecule has 0 fully saturated rings. The van der Waals surface area contributed by atoms with E-state index in [1.165, 1.54) is 0 Å². The van der Waals surface area contributed by atoms with Crippen molar-refractivity contribution in [2.75, 3.05) is 26.5 Å². The number of hydrogen-bond acceptors (Lipinski definition) is 2. The van der Waals surface area contributed by atoms with Crippen LogP contribution in [0.5, 0.6) is 0 Å². The minimum Gasteiger partial charge on any atom is -0.355 e. The van der Waals surface area contributed by atoms with Crippen LogP contribution in [0.2, 0.25) is 0 Å². The Hall–Kier alpha value is -0.280. The van der Waals surface area contributed by atoms with Crippen molar-refractivity contribution in [1.29, 1.82) is 0 Å². The van der Waals surface area contributed by atoms with Gasteiger partial charge < -0.3 is 10.2 Å². The van der Waals surface area contributed by atoms with Crippen LogP contribution in [0, 0.1) is 0 Å². The number of hydrogen-bond donors (Lipinski definition) is 1. The van der Waals surface area contributed by atoms with Gasteiger partial charge in [0.2, 0.25) is 5.91 Å². The van der Waals surface area contributed by atoms with Gasteiger partial charge in [-0.1, -0.05) is 0 Å². The van der Waals surface area contributed by atoms with E-state index in [-0.39, 0.29) is 5.91 Å². The van der Waals surface area contributed by atoms with E-state index in [2.05, 4.69) is 17.1 Å². The van der Waals surface area contributed by atoms with E-state index < -0.39 is 0 Å². The second-order valence-corrected chi connectivity index (χ2v) is 3.79. The Labute approximate surface area is 85.4 Å². The lowest BCUT2D eigenvalue weighted by Crippen LogP contribution is -2.38. The number of halogens is 1. The highest BCUT2D eigenvalue weighted by Gasteiger charge is 2.06. The zero-order valence-corrected chi connectivity index (χ0v) is 9.40. The predicted molar refractivity (Wildman–Crippen MR) is 56.1 cm³/mol. The third-order valence-electron chi connectivity index (χ3n) is 2.01. The molecule has 0 aromatic heterocycles. The summed E-state index contributed by atoms with van der Waals surface area (Å²) in [7, 11) is 3.99. The highest BCUT2D eigenvalue weighted by Crippen LogP contribution is 1.93. The van der Waals surface area contributed by atoms with Gasteiger partial charge in [-0.05, 0) is 27.4 Å². The lowest BCUT2D eigenvalue weighted by molar-refractivity contribution is -0.121. The average Bonchev–Trinajstić information content (AvgIpc) is 2.10. The molecule has 0 heterocycles. The third-order valence-corrected chi connectivity index (χ3v) is 2.28. The lowest BCUT2D eigenvalue weighted by Gasteiger charge is -2.19. The van der Waals surface area contributed by atoms with Gasteiger partial charge in [0.25, 0.3) is 0 Å². The minimum absolute atomic E-state index is 0.0920. The van der Waals surface area contributed by atoms with Gasteiger partial charge in [-0.2, -0.15) is 0 Å². The molecule has 0 aliphatic carbocycles. The summed E-state index contributed by atoms with van der Waals surface area (Å²) < 4.78 is 0. The molecule has 0 aliphatic heterocycles. The molecular formula is C9H19ClN2O. The summed E-state index contributed by atoms with van der Waals surface area (Å²) in [6.07, 6.45) is 1.29. The van der Waals surface area contributed by atoms with E-state index in [1.807, 2.05) is 14.1 Å². The molecule has 0 aliphatic rings. The largest absolute Gasteiger partial charge is 0.355 e. The molecule has 1 atom stereocenters. The smallest absolute Gasteiger partial charge is 0.220 e. The fourth-order valence-electron chi connectivity index (χ4n) is 0.760. The van der Waals surface area contributed by atoms with Crippen LogP contribution in [0.15, 0.2) is 0 Å². The van der Waals surface area contributed by atoms with Crippen LogP contribution in [0.3, 0.4) is 0 Å². The van der Waals surface area contributed by atoms with E-state index in [9.17, 15) is 4.79 Å². The number of rotatable bonds is 6. The second kappa shape index (κ2) is 7.15. The van der Waals surface area contributed by atoms with Gasteiger partial charge in [0.1, 0.15) is 0 Å². The number of nitrogens with one attached hydrogen (secondary N) is 1. The monoisotopic (exact) mass is 206 g/mol. The van der Waals surface area contributed by atoms with Gasteiger partial charge in [-0.15, -0.1) is 11.6 Å². The Kier molecular flexibility index (Phi) is 7.00. The molecule has 3 nitrogen and oxygen atoms in total. The van der Waals surface area contributed by atoms with Crippen LogP contribution in [0.4, 0.5) is 0 Å². The lowest BCUT2D eigenvalue weighted by atomic mass is 10.3. The van der Waals surface area contributed by atoms with Gasteiger partial charge in [0, 0.05) is 24.9 Å². The Morgan fingerprint density at radius 2 is 2.15 bits per heavy atom. The average molecular weight is 207 g/mol. The van der Waals surface area contributed by atoms with Crippen LogP contribution in [-0.2, 0) is 4.79 Å². The summed E-state index contributed by atoms with van der Waals surface area (Å²) in [5.41, 5.74) is 0. The Balaban J connectivity index is 3.46. The molecule has 0 aromatic rings. The first kappa shape index (κ1) is 12.7. The highest BCUT2D eigenvalue weighted by molar-refractivity contribution is 6.17. The number of carbonyl (C=O) groups is 1. The minimum atomic E-state index is 0.0920. The fraction of sp³-hybridized carbons (Fsp3) is 0.889. The first-order chi connectivity index (χ1) is 6.07. The van der Waals surface area contributed by atoms with E-state index in [4.69, 9.17) is 11.6 Å². The van der Waals surface area contributed by atoms with Gasteiger partial charge in [0.05, 0.1) is 0 Å². The second-order valence-electron chi connectivity index (χ2n) is 3.41. The number of alkyl halides is 1. The maximum Gasteiger partial charge on any atom is 0.220 e. The molecule has 13 heavy (non-hydrogen) atoms. The van der Waals surface area contributed by atoms with Gasteiger partial charge in [-0.25, -0.2) is 0 Å². The molecule has 0 spiro atoms. The molecule has 0 saturated carbocycles. The molecule has 0 bridgehead atoms. The Bertz CT molecular complexity index is 151.